The number of aromatic nitrogens is 3. The van der Waals surface area contributed by atoms with Crippen molar-refractivity contribution in [3.63, 3.8) is 0 Å². The van der Waals surface area contributed by atoms with Crippen LogP contribution in [0.4, 0.5) is 11.8 Å². The first-order chi connectivity index (χ1) is 27.6. The zero-order chi connectivity index (χ0) is 43.1. The quantitative estimate of drug-likeness (QED) is 0.204. The molecule has 0 amide bonds. The fourth-order valence-electron chi connectivity index (χ4n) is 13.5. The van der Waals surface area contributed by atoms with Crippen LogP contribution in [0.3, 0.4) is 0 Å². The predicted octanol–water partition coefficient (Wildman–Crippen LogP) is 8.82. The molecule has 0 spiro atoms. The number of ether oxygens (including phenoxy) is 2. The third-order valence-electron chi connectivity index (χ3n) is 16.9. The number of anilines is 2. The summed E-state index contributed by atoms with van der Waals surface area (Å²) in [5.41, 5.74) is 0.143. The number of fused-ring (bicyclic) bond motifs is 7. The van der Waals surface area contributed by atoms with Crippen LogP contribution in [0.25, 0.3) is 0 Å². The monoisotopic (exact) mass is 816 g/mol. The van der Waals surface area contributed by atoms with Gasteiger partial charge in [-0.05, 0) is 143 Å². The zero-order valence-electron chi connectivity index (χ0n) is 37.7. The van der Waals surface area contributed by atoms with E-state index in [0.29, 0.717) is 48.3 Å². The highest BCUT2D eigenvalue weighted by atomic mass is 16.5. The van der Waals surface area contributed by atoms with Gasteiger partial charge >= 0.3 is 18.0 Å². The molecule has 2 heterocycles. The number of hydrogen-bond acceptors (Lipinski definition) is 11. The minimum absolute atomic E-state index is 0.0160. The lowest BCUT2D eigenvalue weighted by Crippen LogP contribution is -2.66. The summed E-state index contributed by atoms with van der Waals surface area (Å²) in [6.07, 6.45) is 9.26. The highest BCUT2D eigenvalue weighted by Gasteiger charge is 2.71. The molecule has 0 unspecified atom stereocenters. The highest BCUT2D eigenvalue weighted by molar-refractivity contribution is 6.01. The minimum atomic E-state index is -1.18. The number of likely N-dealkylation sites (N-methyl/N-ethyl adjacent to an activating group) is 1. The number of carbonyl (C=O) groups is 3. The van der Waals surface area contributed by atoms with Crippen LogP contribution in [0.5, 0.6) is 5.75 Å². The Balaban J connectivity index is 1.20. The Morgan fingerprint density at radius 3 is 2.31 bits per heavy atom. The largest absolute Gasteiger partial charge is 0.495 e. The number of pyridine rings is 1. The van der Waals surface area contributed by atoms with Gasteiger partial charge in [-0.15, -0.1) is 5.10 Å². The van der Waals surface area contributed by atoms with E-state index in [2.05, 4.69) is 63.4 Å². The van der Waals surface area contributed by atoms with Crippen LogP contribution in [-0.2, 0) is 24.5 Å². The number of nitrogens with zero attached hydrogens (tertiary/aromatic N) is 5. The number of rotatable bonds is 12. The molecule has 4 saturated carbocycles. The van der Waals surface area contributed by atoms with Gasteiger partial charge in [-0.25, -0.2) is 4.98 Å². The van der Waals surface area contributed by atoms with Gasteiger partial charge in [-0.2, -0.15) is 0 Å². The van der Waals surface area contributed by atoms with Crippen molar-refractivity contribution in [3.8, 4) is 5.75 Å². The normalized spacial score (nSPS) is 33.9. The number of hydrogen-bond donors (Lipinski definition) is 1. The summed E-state index contributed by atoms with van der Waals surface area (Å²) in [7, 11) is 5.69. The van der Waals surface area contributed by atoms with Crippen LogP contribution in [0.15, 0.2) is 33.9 Å². The van der Waals surface area contributed by atoms with Gasteiger partial charge in [0.05, 0.1) is 30.6 Å². The van der Waals surface area contributed by atoms with Crippen molar-refractivity contribution in [2.75, 3.05) is 39.2 Å². The summed E-state index contributed by atoms with van der Waals surface area (Å²) in [6, 6.07) is 4.16. The lowest BCUT2D eigenvalue weighted by molar-refractivity contribution is -0.232. The molecule has 59 heavy (non-hydrogen) atoms. The Morgan fingerprint density at radius 1 is 0.949 bits per heavy atom. The number of carbonyl (C=O) groups excluding carboxylic acids is 2. The average molecular weight is 816 g/mol. The van der Waals surface area contributed by atoms with Gasteiger partial charge in [0.2, 0.25) is 5.89 Å². The first-order valence-electron chi connectivity index (χ1n) is 22.0. The third-order valence-corrected chi connectivity index (χ3v) is 16.9. The molecule has 8 atom stereocenters. The minimum Gasteiger partial charge on any atom is -0.495 e. The van der Waals surface area contributed by atoms with Crippen LogP contribution < -0.4 is 9.64 Å². The van der Waals surface area contributed by atoms with Gasteiger partial charge in [0.1, 0.15) is 17.7 Å². The average Bonchev–Trinajstić information content (AvgIpc) is 3.76. The molecule has 4 fully saturated rings. The van der Waals surface area contributed by atoms with Gasteiger partial charge in [-0.1, -0.05) is 53.6 Å². The SMILES string of the molecule is COc1ccc(N(CCN(C)C)c2nnc([C@@]34CC[C@]5(C)[C@H](CC[C@@H]6[C@@]7(C)CC[C@H](OC(=O)CC(C)(C)C(=O)O)C(C)(C)[C@@H]7CC[C@]65C)C3=C(C(C)C)C(=O)C4)o2)nc1. The van der Waals surface area contributed by atoms with E-state index >= 15 is 0 Å². The first-order valence-corrected chi connectivity index (χ1v) is 22.0. The lowest BCUT2D eigenvalue weighted by Gasteiger charge is -2.72. The van der Waals surface area contributed by atoms with Crippen LogP contribution in [0.2, 0.25) is 0 Å². The van der Waals surface area contributed by atoms with E-state index < -0.39 is 22.8 Å². The molecule has 12 heteroatoms. The molecular formula is C47H69N5O7. The number of ketones is 1. The second-order valence-corrected chi connectivity index (χ2v) is 21.4. The predicted molar refractivity (Wildman–Crippen MR) is 225 cm³/mol. The van der Waals surface area contributed by atoms with Crippen molar-refractivity contribution in [2.45, 2.75) is 138 Å². The summed E-state index contributed by atoms with van der Waals surface area (Å²) in [5.74, 6) is 1.77. The molecule has 0 aromatic carbocycles. The molecule has 2 aromatic rings. The molecule has 0 aliphatic heterocycles. The Bertz CT molecular complexity index is 1990. The van der Waals surface area contributed by atoms with E-state index in [-0.39, 0.29) is 51.8 Å². The Labute approximate surface area is 351 Å². The van der Waals surface area contributed by atoms with Crippen LogP contribution in [0, 0.1) is 50.7 Å². The molecule has 0 bridgehead atoms. The maximum Gasteiger partial charge on any atom is 0.324 e. The molecule has 0 saturated heterocycles. The summed E-state index contributed by atoms with van der Waals surface area (Å²) in [6.45, 7) is 21.0. The lowest BCUT2D eigenvalue weighted by atomic mass is 9.33. The van der Waals surface area contributed by atoms with Crippen molar-refractivity contribution in [2.24, 2.45) is 50.7 Å². The Morgan fingerprint density at radius 2 is 1.68 bits per heavy atom. The molecular weight excluding hydrogens is 747 g/mol. The fraction of sp³-hybridized carbons (Fsp3) is 0.745. The molecule has 5 aliphatic carbocycles. The van der Waals surface area contributed by atoms with Crippen molar-refractivity contribution >= 4 is 29.6 Å². The van der Waals surface area contributed by atoms with Crippen molar-refractivity contribution in [1.29, 1.82) is 0 Å². The van der Waals surface area contributed by atoms with E-state index in [1.165, 1.54) is 5.57 Å². The summed E-state index contributed by atoms with van der Waals surface area (Å²) >= 11 is 0. The number of esters is 1. The topological polar surface area (TPSA) is 148 Å². The van der Waals surface area contributed by atoms with Crippen molar-refractivity contribution < 1.29 is 33.4 Å². The van der Waals surface area contributed by atoms with Gasteiger partial charge < -0.3 is 23.9 Å². The summed E-state index contributed by atoms with van der Waals surface area (Å²) in [5, 5.41) is 19.2. The molecule has 5 aliphatic rings. The van der Waals surface area contributed by atoms with Crippen LogP contribution in [-0.4, -0.2) is 83.3 Å². The van der Waals surface area contributed by atoms with Gasteiger partial charge in [0.25, 0.3) is 0 Å². The van der Waals surface area contributed by atoms with Crippen LogP contribution >= 0.6 is 0 Å². The maximum absolute atomic E-state index is 14.4. The van der Waals surface area contributed by atoms with Gasteiger partial charge in [-0.3, -0.25) is 19.3 Å². The first kappa shape index (κ1) is 43.3. The molecule has 2 aromatic heterocycles. The standard InChI is InChI=1S/C47H69N5O7/c1-28(2)37-31(53)25-47(39-49-50-41(59-39)52(24-23-51(10)11)35-16-13-29(57-12)27-48-35)22-21-45(8)30(38(37)47)14-15-33-44(7)19-18-34(58-36(54)26-42(3,4)40(55)56)43(5,6)32(44)17-20-46(33,45)9/h13,16,27-28,30,32-34H,14-15,17-26H2,1-12H3,(H,55,56)/t30-,32+,33-,34+,44+,45-,46-,47-/m1/s1. The summed E-state index contributed by atoms with van der Waals surface area (Å²) in [4.78, 5) is 48.1. The van der Waals surface area contributed by atoms with Crippen LogP contribution in [0.1, 0.15) is 132 Å². The zero-order valence-corrected chi connectivity index (χ0v) is 37.7. The highest BCUT2D eigenvalue weighted by Crippen LogP contribution is 2.77. The number of aliphatic carboxylic acids is 1. The molecule has 0 radical (unpaired) electrons. The van der Waals surface area contributed by atoms with E-state index in [0.717, 1.165) is 63.5 Å². The number of carboxylic acids is 1. The number of allylic oxidation sites excluding steroid dienone is 2. The number of carboxylic acid groups (broad SMARTS) is 1. The Hall–Kier alpha value is -3.80. The molecule has 12 nitrogen and oxygen atoms in total. The molecule has 7 rings (SSSR count). The van der Waals surface area contributed by atoms with Crippen molar-refractivity contribution in [3.05, 3.63) is 35.4 Å². The van der Waals surface area contributed by atoms with E-state index in [4.69, 9.17) is 19.0 Å². The maximum atomic E-state index is 14.4. The second kappa shape index (κ2) is 15.0. The van der Waals surface area contributed by atoms with E-state index in [1.807, 2.05) is 31.1 Å². The number of Topliss-reactive ketones (excluding diaryl/α,β-unsaturated/α-hetero) is 1. The summed E-state index contributed by atoms with van der Waals surface area (Å²) < 4.78 is 18.4. The Kier molecular flexibility index (Phi) is 11.0. The fourth-order valence-corrected chi connectivity index (χ4v) is 13.5. The molecule has 324 valence electrons. The van der Waals surface area contributed by atoms with Gasteiger partial charge in [0.15, 0.2) is 5.78 Å². The van der Waals surface area contributed by atoms with E-state index in [9.17, 15) is 19.5 Å². The third kappa shape index (κ3) is 6.82. The van der Waals surface area contributed by atoms with Gasteiger partial charge in [0, 0.05) is 24.9 Å². The molecule has 1 N–H and O–H groups in total. The second-order valence-electron chi connectivity index (χ2n) is 21.4. The smallest absolute Gasteiger partial charge is 0.324 e. The number of methoxy groups -OCH3 is 1. The van der Waals surface area contributed by atoms with Crippen molar-refractivity contribution in [1.82, 2.24) is 20.1 Å². The van der Waals surface area contributed by atoms with E-state index in [1.54, 1.807) is 27.2 Å².